The van der Waals surface area contributed by atoms with Crippen molar-refractivity contribution < 1.29 is 4.79 Å². The number of halogens is 1. The van der Waals surface area contributed by atoms with Gasteiger partial charge in [-0.1, -0.05) is 11.6 Å². The molecule has 0 radical (unpaired) electrons. The fourth-order valence-electron chi connectivity index (χ4n) is 2.58. The number of amides is 1. The molecule has 0 aliphatic rings. The second-order valence-electron chi connectivity index (χ2n) is 5.77. The summed E-state index contributed by atoms with van der Waals surface area (Å²) >= 11 is 5.97. The van der Waals surface area contributed by atoms with Crippen molar-refractivity contribution >= 4 is 23.2 Å². The molecule has 3 aromatic rings. The molecule has 3 aromatic heterocycles. The van der Waals surface area contributed by atoms with Crippen LogP contribution < -0.4 is 5.32 Å². The maximum Gasteiger partial charge on any atom is 0.256 e. The van der Waals surface area contributed by atoms with E-state index in [-0.39, 0.29) is 5.91 Å². The SMILES string of the molecule is Cc1cc(C)n2ncc(C(=O)NCCCn3cc(Cl)c(C)n3)c2n1. The molecule has 126 valence electrons. The minimum absolute atomic E-state index is 0.169. The van der Waals surface area contributed by atoms with Gasteiger partial charge < -0.3 is 5.32 Å². The number of aryl methyl sites for hydroxylation is 4. The fraction of sp³-hybridized carbons (Fsp3) is 0.375. The van der Waals surface area contributed by atoms with Crippen molar-refractivity contribution in [1.29, 1.82) is 0 Å². The summed E-state index contributed by atoms with van der Waals surface area (Å²) in [6.45, 7) is 6.94. The Labute approximate surface area is 144 Å². The van der Waals surface area contributed by atoms with Gasteiger partial charge in [-0.2, -0.15) is 10.2 Å². The second-order valence-corrected chi connectivity index (χ2v) is 6.17. The highest BCUT2D eigenvalue weighted by Crippen LogP contribution is 2.13. The summed E-state index contributed by atoms with van der Waals surface area (Å²) < 4.78 is 3.46. The molecule has 0 saturated carbocycles. The molecule has 0 spiro atoms. The Bertz CT molecular complexity index is 878. The van der Waals surface area contributed by atoms with Crippen LogP contribution in [0.3, 0.4) is 0 Å². The summed E-state index contributed by atoms with van der Waals surface area (Å²) in [7, 11) is 0. The van der Waals surface area contributed by atoms with E-state index in [1.807, 2.05) is 26.8 Å². The van der Waals surface area contributed by atoms with Crippen molar-refractivity contribution in [2.45, 2.75) is 33.7 Å². The molecule has 24 heavy (non-hydrogen) atoms. The molecule has 0 aromatic carbocycles. The Morgan fingerprint density at radius 2 is 2.12 bits per heavy atom. The average Bonchev–Trinajstić information content (AvgIpc) is 3.07. The van der Waals surface area contributed by atoms with Gasteiger partial charge in [-0.3, -0.25) is 9.48 Å². The summed E-state index contributed by atoms with van der Waals surface area (Å²) in [5, 5.41) is 12.1. The van der Waals surface area contributed by atoms with Crippen molar-refractivity contribution in [2.75, 3.05) is 6.54 Å². The quantitative estimate of drug-likeness (QED) is 0.719. The number of carbonyl (C=O) groups is 1. The van der Waals surface area contributed by atoms with Crippen LogP contribution >= 0.6 is 11.6 Å². The van der Waals surface area contributed by atoms with Crippen LogP contribution in [0.25, 0.3) is 5.65 Å². The van der Waals surface area contributed by atoms with E-state index < -0.39 is 0 Å². The van der Waals surface area contributed by atoms with Crippen LogP contribution in [0.5, 0.6) is 0 Å². The van der Waals surface area contributed by atoms with Crippen LogP contribution in [0.2, 0.25) is 5.02 Å². The molecule has 1 amide bonds. The van der Waals surface area contributed by atoms with Crippen molar-refractivity contribution in [1.82, 2.24) is 29.7 Å². The van der Waals surface area contributed by atoms with Crippen LogP contribution in [0.1, 0.15) is 33.9 Å². The van der Waals surface area contributed by atoms with Crippen LogP contribution in [-0.4, -0.2) is 36.8 Å². The summed E-state index contributed by atoms with van der Waals surface area (Å²) in [5.41, 5.74) is 3.69. The molecule has 8 heteroatoms. The molecular weight excluding hydrogens is 328 g/mol. The van der Waals surface area contributed by atoms with E-state index in [1.54, 1.807) is 21.6 Å². The third kappa shape index (κ3) is 3.26. The highest BCUT2D eigenvalue weighted by molar-refractivity contribution is 6.31. The molecule has 1 N–H and O–H groups in total. The first kappa shape index (κ1) is 16.4. The zero-order valence-corrected chi connectivity index (χ0v) is 14.6. The molecule has 3 rings (SSSR count). The summed E-state index contributed by atoms with van der Waals surface area (Å²) in [6, 6.07) is 1.93. The predicted octanol–water partition coefficient (Wildman–Crippen LogP) is 2.32. The van der Waals surface area contributed by atoms with Crippen molar-refractivity contribution in [3.8, 4) is 0 Å². The van der Waals surface area contributed by atoms with Gasteiger partial charge in [0.1, 0.15) is 5.56 Å². The zero-order chi connectivity index (χ0) is 17.3. The van der Waals surface area contributed by atoms with E-state index in [0.29, 0.717) is 29.3 Å². The monoisotopic (exact) mass is 346 g/mol. The number of nitrogens with one attached hydrogen (secondary N) is 1. The third-order valence-corrected chi connectivity index (χ3v) is 4.13. The zero-order valence-electron chi connectivity index (χ0n) is 13.9. The molecule has 0 unspecified atom stereocenters. The highest BCUT2D eigenvalue weighted by atomic mass is 35.5. The van der Waals surface area contributed by atoms with Crippen LogP contribution in [0.4, 0.5) is 0 Å². The van der Waals surface area contributed by atoms with E-state index in [0.717, 1.165) is 23.5 Å². The number of fused-ring (bicyclic) bond motifs is 1. The van der Waals surface area contributed by atoms with Gasteiger partial charge in [-0.25, -0.2) is 9.50 Å². The minimum Gasteiger partial charge on any atom is -0.352 e. The maximum absolute atomic E-state index is 12.4. The van der Waals surface area contributed by atoms with E-state index in [9.17, 15) is 4.79 Å². The Hall–Kier alpha value is -2.41. The lowest BCUT2D eigenvalue weighted by Crippen LogP contribution is -2.25. The molecule has 0 aliphatic heterocycles. The molecule has 3 heterocycles. The molecule has 0 atom stereocenters. The van der Waals surface area contributed by atoms with Gasteiger partial charge in [0, 0.05) is 30.7 Å². The van der Waals surface area contributed by atoms with E-state index in [2.05, 4.69) is 20.5 Å². The van der Waals surface area contributed by atoms with Gasteiger partial charge in [0.2, 0.25) is 0 Å². The van der Waals surface area contributed by atoms with Crippen molar-refractivity contribution in [3.05, 3.63) is 46.1 Å². The maximum atomic E-state index is 12.4. The Morgan fingerprint density at radius 3 is 2.83 bits per heavy atom. The predicted molar refractivity (Wildman–Crippen MR) is 91.4 cm³/mol. The lowest BCUT2D eigenvalue weighted by molar-refractivity contribution is 0.0954. The van der Waals surface area contributed by atoms with Gasteiger partial charge >= 0.3 is 0 Å². The number of hydrogen-bond acceptors (Lipinski definition) is 4. The normalized spacial score (nSPS) is 11.2. The van der Waals surface area contributed by atoms with Crippen LogP contribution in [0, 0.1) is 20.8 Å². The van der Waals surface area contributed by atoms with Crippen LogP contribution in [-0.2, 0) is 6.54 Å². The standard InChI is InChI=1S/C16H19ClN6O/c1-10-7-11(2)23-15(20-10)13(8-19-23)16(24)18-5-4-6-22-9-14(17)12(3)21-22/h7-9H,4-6H2,1-3H3,(H,18,24). The molecule has 7 nitrogen and oxygen atoms in total. The van der Waals surface area contributed by atoms with Gasteiger partial charge in [0.15, 0.2) is 5.65 Å². The first-order chi connectivity index (χ1) is 11.5. The smallest absolute Gasteiger partial charge is 0.256 e. The first-order valence-corrected chi connectivity index (χ1v) is 8.13. The van der Waals surface area contributed by atoms with E-state index in [1.165, 1.54) is 0 Å². The van der Waals surface area contributed by atoms with Crippen molar-refractivity contribution in [3.63, 3.8) is 0 Å². The average molecular weight is 347 g/mol. The first-order valence-electron chi connectivity index (χ1n) is 7.75. The third-order valence-electron chi connectivity index (χ3n) is 3.76. The lowest BCUT2D eigenvalue weighted by Gasteiger charge is -2.05. The number of rotatable bonds is 5. The summed E-state index contributed by atoms with van der Waals surface area (Å²) in [4.78, 5) is 16.8. The van der Waals surface area contributed by atoms with Gasteiger partial charge in [0.05, 0.1) is 16.9 Å². The fourth-order valence-corrected chi connectivity index (χ4v) is 2.73. The Kier molecular flexibility index (Phi) is 4.53. The largest absolute Gasteiger partial charge is 0.352 e. The van der Waals surface area contributed by atoms with Gasteiger partial charge in [-0.05, 0) is 33.3 Å². The number of hydrogen-bond donors (Lipinski definition) is 1. The van der Waals surface area contributed by atoms with Crippen LogP contribution in [0.15, 0.2) is 18.5 Å². The Morgan fingerprint density at radius 1 is 1.33 bits per heavy atom. The molecule has 0 aliphatic carbocycles. The number of aromatic nitrogens is 5. The van der Waals surface area contributed by atoms with Crippen molar-refractivity contribution in [2.24, 2.45) is 0 Å². The highest BCUT2D eigenvalue weighted by Gasteiger charge is 2.15. The van der Waals surface area contributed by atoms with E-state index in [4.69, 9.17) is 11.6 Å². The minimum atomic E-state index is -0.169. The number of carbonyl (C=O) groups excluding carboxylic acids is 1. The lowest BCUT2D eigenvalue weighted by atomic mass is 10.3. The van der Waals surface area contributed by atoms with Gasteiger partial charge in [-0.15, -0.1) is 0 Å². The van der Waals surface area contributed by atoms with Gasteiger partial charge in [0.25, 0.3) is 5.91 Å². The summed E-state index contributed by atoms with van der Waals surface area (Å²) in [5.74, 6) is -0.169. The topological polar surface area (TPSA) is 77.1 Å². The summed E-state index contributed by atoms with van der Waals surface area (Å²) in [6.07, 6.45) is 4.11. The number of nitrogens with zero attached hydrogens (tertiary/aromatic N) is 5. The molecule has 0 bridgehead atoms. The second kappa shape index (κ2) is 6.60. The molecule has 0 saturated heterocycles. The molecular formula is C16H19ClN6O. The molecule has 0 fully saturated rings. The van der Waals surface area contributed by atoms with E-state index >= 15 is 0 Å². The Balaban J connectivity index is 1.61.